The van der Waals surface area contributed by atoms with E-state index < -0.39 is 5.97 Å². The normalized spacial score (nSPS) is 12.1. The van der Waals surface area contributed by atoms with Gasteiger partial charge in [0.1, 0.15) is 11.9 Å². The summed E-state index contributed by atoms with van der Waals surface area (Å²) in [5.41, 5.74) is 0.604. The van der Waals surface area contributed by atoms with Crippen molar-refractivity contribution in [2.24, 2.45) is 0 Å². The first kappa shape index (κ1) is 11.3. The monoisotopic (exact) mass is 207 g/mol. The molecule has 1 aromatic rings. The summed E-state index contributed by atoms with van der Waals surface area (Å²) < 4.78 is 0. The Bertz CT molecular complexity index is 365. The number of carboxylic acid groups (broad SMARTS) is 1. The van der Waals surface area contributed by atoms with E-state index in [9.17, 15) is 4.79 Å². The second-order valence-corrected chi connectivity index (χ2v) is 3.09. The van der Waals surface area contributed by atoms with Crippen LogP contribution >= 0.6 is 0 Å². The van der Waals surface area contributed by atoms with Crippen LogP contribution in [0.4, 0.5) is 0 Å². The Morgan fingerprint density at radius 3 is 3.13 bits per heavy atom. The van der Waals surface area contributed by atoms with Gasteiger partial charge < -0.3 is 10.4 Å². The van der Waals surface area contributed by atoms with Crippen molar-refractivity contribution in [1.29, 1.82) is 0 Å². The second kappa shape index (κ2) is 5.21. The molecule has 1 rings (SSSR count). The second-order valence-electron chi connectivity index (χ2n) is 3.09. The number of hydrogen-bond acceptors (Lipinski definition) is 4. The molecular weight excluding hydrogens is 194 g/mol. The number of aromatic carboxylic acids is 1. The van der Waals surface area contributed by atoms with Gasteiger partial charge in [0.2, 0.25) is 0 Å². The van der Waals surface area contributed by atoms with Gasteiger partial charge in [0.05, 0.1) is 5.69 Å². The molecule has 1 aromatic heterocycles. The van der Waals surface area contributed by atoms with Crippen LogP contribution in [0.1, 0.15) is 23.0 Å². The molecule has 1 unspecified atom stereocenters. The van der Waals surface area contributed by atoms with Crippen molar-refractivity contribution < 1.29 is 9.90 Å². The van der Waals surface area contributed by atoms with Crippen LogP contribution < -0.4 is 5.32 Å². The van der Waals surface area contributed by atoms with Gasteiger partial charge in [0.25, 0.3) is 0 Å². The first-order chi connectivity index (χ1) is 7.15. The van der Waals surface area contributed by atoms with Crippen LogP contribution in [0, 0.1) is 0 Å². The Morgan fingerprint density at radius 1 is 1.80 bits per heavy atom. The molecule has 0 aromatic carbocycles. The number of hydrogen-bond donors (Lipinski definition) is 2. The molecule has 0 bridgehead atoms. The third-order valence-electron chi connectivity index (χ3n) is 1.97. The van der Waals surface area contributed by atoms with Crippen molar-refractivity contribution in [2.75, 3.05) is 0 Å². The zero-order valence-electron chi connectivity index (χ0n) is 8.47. The number of carbonyl (C=O) groups is 1. The number of aromatic nitrogens is 2. The summed E-state index contributed by atoms with van der Waals surface area (Å²) >= 11 is 0. The van der Waals surface area contributed by atoms with Crippen molar-refractivity contribution in [2.45, 2.75) is 19.5 Å². The highest BCUT2D eigenvalue weighted by Crippen LogP contribution is 2.03. The van der Waals surface area contributed by atoms with Gasteiger partial charge in [-0.3, -0.25) is 0 Å². The van der Waals surface area contributed by atoms with Crippen LogP contribution in [0.25, 0.3) is 0 Å². The zero-order chi connectivity index (χ0) is 11.3. The van der Waals surface area contributed by atoms with Crippen molar-refractivity contribution >= 4 is 5.97 Å². The van der Waals surface area contributed by atoms with Crippen LogP contribution in [0.5, 0.6) is 0 Å². The van der Waals surface area contributed by atoms with Gasteiger partial charge in [0, 0.05) is 18.8 Å². The molecule has 5 heteroatoms. The smallest absolute Gasteiger partial charge is 0.339 e. The number of nitrogens with zero attached hydrogens (tertiary/aromatic N) is 2. The Kier molecular flexibility index (Phi) is 3.93. The van der Waals surface area contributed by atoms with Gasteiger partial charge >= 0.3 is 5.97 Å². The fourth-order valence-electron chi connectivity index (χ4n) is 1.02. The predicted molar refractivity (Wildman–Crippen MR) is 55.5 cm³/mol. The van der Waals surface area contributed by atoms with Crippen LogP contribution in [0.3, 0.4) is 0 Å². The van der Waals surface area contributed by atoms with Crippen molar-refractivity contribution in [3.8, 4) is 0 Å². The zero-order valence-corrected chi connectivity index (χ0v) is 8.47. The molecule has 0 fully saturated rings. The molecule has 5 nitrogen and oxygen atoms in total. The van der Waals surface area contributed by atoms with Crippen LogP contribution in [-0.4, -0.2) is 27.1 Å². The maximum absolute atomic E-state index is 10.8. The summed E-state index contributed by atoms with van der Waals surface area (Å²) in [6.45, 7) is 5.93. The van der Waals surface area contributed by atoms with Crippen LogP contribution in [-0.2, 0) is 6.54 Å². The molecule has 2 N–H and O–H groups in total. The molecule has 0 amide bonds. The van der Waals surface area contributed by atoms with Gasteiger partial charge in [-0.15, -0.1) is 6.58 Å². The van der Waals surface area contributed by atoms with Gasteiger partial charge in [-0.05, 0) is 6.92 Å². The minimum absolute atomic E-state index is 0.113. The molecule has 0 spiro atoms. The van der Waals surface area contributed by atoms with E-state index in [1.165, 1.54) is 12.5 Å². The summed E-state index contributed by atoms with van der Waals surface area (Å²) in [6.07, 6.45) is 4.37. The molecule has 15 heavy (non-hydrogen) atoms. The van der Waals surface area contributed by atoms with Crippen LogP contribution in [0.15, 0.2) is 25.2 Å². The predicted octanol–water partition coefficient (Wildman–Crippen LogP) is 0.839. The SMILES string of the molecule is C=CC(C)NCc1ncncc1C(=O)O. The number of rotatable bonds is 5. The van der Waals surface area contributed by atoms with Crippen molar-refractivity contribution in [3.63, 3.8) is 0 Å². The quantitative estimate of drug-likeness (QED) is 0.700. The highest BCUT2D eigenvalue weighted by atomic mass is 16.4. The average molecular weight is 207 g/mol. The lowest BCUT2D eigenvalue weighted by Gasteiger charge is -2.09. The van der Waals surface area contributed by atoms with E-state index in [4.69, 9.17) is 5.11 Å². The fraction of sp³-hybridized carbons (Fsp3) is 0.300. The largest absolute Gasteiger partial charge is 0.478 e. The van der Waals surface area contributed by atoms with Gasteiger partial charge in [-0.25, -0.2) is 14.8 Å². The first-order valence-electron chi connectivity index (χ1n) is 4.53. The molecule has 1 heterocycles. The summed E-state index contributed by atoms with van der Waals surface area (Å²) in [6, 6.07) is 0.113. The summed E-state index contributed by atoms with van der Waals surface area (Å²) in [5, 5.41) is 11.9. The molecule has 0 aliphatic heterocycles. The molecule has 0 radical (unpaired) electrons. The third-order valence-corrected chi connectivity index (χ3v) is 1.97. The molecule has 80 valence electrons. The lowest BCUT2D eigenvalue weighted by Crippen LogP contribution is -2.24. The van der Waals surface area contributed by atoms with Gasteiger partial charge in [0.15, 0.2) is 0 Å². The standard InChI is InChI=1S/C10H13N3O2/c1-3-7(2)12-5-9-8(10(14)15)4-11-6-13-9/h3-4,6-7,12H,1,5H2,2H3,(H,14,15). The van der Waals surface area contributed by atoms with Crippen molar-refractivity contribution in [3.05, 3.63) is 36.4 Å². The fourth-order valence-corrected chi connectivity index (χ4v) is 1.02. The molecular formula is C10H13N3O2. The molecule has 0 saturated carbocycles. The molecule has 0 aliphatic rings. The summed E-state index contributed by atoms with van der Waals surface area (Å²) in [4.78, 5) is 18.4. The van der Waals surface area contributed by atoms with Gasteiger partial charge in [-0.1, -0.05) is 6.08 Å². The summed E-state index contributed by atoms with van der Waals surface area (Å²) in [7, 11) is 0. The highest BCUT2D eigenvalue weighted by Gasteiger charge is 2.11. The van der Waals surface area contributed by atoms with E-state index >= 15 is 0 Å². The van der Waals surface area contributed by atoms with Crippen LogP contribution in [0.2, 0.25) is 0 Å². The number of carboxylic acids is 1. The van der Waals surface area contributed by atoms with E-state index in [2.05, 4.69) is 21.9 Å². The van der Waals surface area contributed by atoms with E-state index in [0.29, 0.717) is 12.2 Å². The Balaban J connectivity index is 2.76. The Hall–Kier alpha value is -1.75. The lowest BCUT2D eigenvalue weighted by molar-refractivity contribution is 0.0694. The lowest BCUT2D eigenvalue weighted by atomic mass is 10.2. The first-order valence-corrected chi connectivity index (χ1v) is 4.53. The van der Waals surface area contributed by atoms with E-state index in [1.54, 1.807) is 6.08 Å². The third kappa shape index (κ3) is 3.14. The molecule has 0 aliphatic carbocycles. The van der Waals surface area contributed by atoms with Gasteiger partial charge in [-0.2, -0.15) is 0 Å². The Morgan fingerprint density at radius 2 is 2.53 bits per heavy atom. The summed E-state index contributed by atoms with van der Waals surface area (Å²) in [5.74, 6) is -1.02. The Labute approximate surface area is 87.9 Å². The molecule has 0 saturated heterocycles. The molecule has 1 atom stereocenters. The number of nitrogens with one attached hydrogen (secondary N) is 1. The highest BCUT2D eigenvalue weighted by molar-refractivity contribution is 5.88. The maximum Gasteiger partial charge on any atom is 0.339 e. The van der Waals surface area contributed by atoms with E-state index in [-0.39, 0.29) is 11.6 Å². The maximum atomic E-state index is 10.8. The minimum atomic E-state index is -1.02. The van der Waals surface area contributed by atoms with E-state index in [0.717, 1.165) is 0 Å². The van der Waals surface area contributed by atoms with E-state index in [1.807, 2.05) is 6.92 Å². The average Bonchev–Trinajstić information content (AvgIpc) is 2.26. The van der Waals surface area contributed by atoms with Crippen molar-refractivity contribution in [1.82, 2.24) is 15.3 Å². The minimum Gasteiger partial charge on any atom is -0.478 e. The topological polar surface area (TPSA) is 75.1 Å².